The van der Waals surface area contributed by atoms with Crippen LogP contribution in [0.2, 0.25) is 0 Å². The molecule has 0 aromatic carbocycles. The van der Waals surface area contributed by atoms with Gasteiger partial charge in [0.15, 0.2) is 6.29 Å². The van der Waals surface area contributed by atoms with Crippen LogP contribution in [0.25, 0.3) is 5.65 Å². The van der Waals surface area contributed by atoms with Gasteiger partial charge < -0.3 is 4.90 Å². The lowest BCUT2D eigenvalue weighted by Crippen LogP contribution is -2.24. The molecule has 1 saturated heterocycles. The molecule has 0 saturated carbocycles. The molecule has 2 aromatic heterocycles. The zero-order valence-corrected chi connectivity index (χ0v) is 12.0. The van der Waals surface area contributed by atoms with Crippen LogP contribution in [-0.2, 0) is 0 Å². The molecule has 3 heterocycles. The van der Waals surface area contributed by atoms with Crippen LogP contribution in [0.5, 0.6) is 0 Å². The molecule has 0 aliphatic carbocycles. The fourth-order valence-corrected chi connectivity index (χ4v) is 3.08. The van der Waals surface area contributed by atoms with Crippen molar-refractivity contribution in [1.82, 2.24) is 14.3 Å². The molecular weight excluding hydrogens is 250 g/mol. The number of likely N-dealkylation sites (tertiary alicyclic amines) is 1. The van der Waals surface area contributed by atoms with Gasteiger partial charge in [-0.3, -0.25) is 9.20 Å². The minimum atomic E-state index is 0.587. The van der Waals surface area contributed by atoms with Gasteiger partial charge in [-0.15, -0.1) is 0 Å². The first kappa shape index (κ1) is 13.3. The SMILES string of the molecule is CN1CCCCC(c2ccc3ncc(C=O)n3c2)CC1. The lowest BCUT2D eigenvalue weighted by molar-refractivity contribution is 0.111. The average molecular weight is 271 g/mol. The van der Waals surface area contributed by atoms with Gasteiger partial charge in [-0.1, -0.05) is 12.5 Å². The number of pyridine rings is 1. The van der Waals surface area contributed by atoms with Gasteiger partial charge in [0, 0.05) is 6.20 Å². The Kier molecular flexibility index (Phi) is 3.83. The summed E-state index contributed by atoms with van der Waals surface area (Å²) in [7, 11) is 2.20. The summed E-state index contributed by atoms with van der Waals surface area (Å²) < 4.78 is 1.91. The topological polar surface area (TPSA) is 37.6 Å². The minimum Gasteiger partial charge on any atom is -0.306 e. The van der Waals surface area contributed by atoms with Crippen molar-refractivity contribution in [2.75, 3.05) is 20.1 Å². The number of fused-ring (bicyclic) bond motifs is 1. The van der Waals surface area contributed by atoms with Crippen molar-refractivity contribution >= 4 is 11.9 Å². The summed E-state index contributed by atoms with van der Waals surface area (Å²) in [5.74, 6) is 0.587. The van der Waals surface area contributed by atoms with Crippen LogP contribution in [0, 0.1) is 0 Å². The number of rotatable bonds is 2. The van der Waals surface area contributed by atoms with Gasteiger partial charge in [0.1, 0.15) is 11.3 Å². The smallest absolute Gasteiger partial charge is 0.168 e. The van der Waals surface area contributed by atoms with E-state index in [1.165, 1.54) is 37.8 Å². The van der Waals surface area contributed by atoms with E-state index in [-0.39, 0.29) is 0 Å². The van der Waals surface area contributed by atoms with E-state index in [4.69, 9.17) is 0 Å². The number of hydrogen-bond acceptors (Lipinski definition) is 3. The third-order valence-electron chi connectivity index (χ3n) is 4.35. The summed E-state index contributed by atoms with van der Waals surface area (Å²) in [4.78, 5) is 17.7. The first-order valence-electron chi connectivity index (χ1n) is 7.38. The van der Waals surface area contributed by atoms with Crippen molar-refractivity contribution in [2.24, 2.45) is 0 Å². The van der Waals surface area contributed by atoms with Crippen molar-refractivity contribution in [1.29, 1.82) is 0 Å². The summed E-state index contributed by atoms with van der Waals surface area (Å²) in [6.07, 6.45) is 9.58. The summed E-state index contributed by atoms with van der Waals surface area (Å²) in [6.45, 7) is 2.36. The first-order valence-corrected chi connectivity index (χ1v) is 7.38. The summed E-state index contributed by atoms with van der Waals surface area (Å²) >= 11 is 0. The van der Waals surface area contributed by atoms with E-state index in [0.717, 1.165) is 18.5 Å². The molecule has 0 N–H and O–H groups in total. The van der Waals surface area contributed by atoms with E-state index in [9.17, 15) is 4.79 Å². The van der Waals surface area contributed by atoms with Gasteiger partial charge in [-0.2, -0.15) is 0 Å². The predicted octanol–water partition coefficient (Wildman–Crippen LogP) is 2.74. The Bertz CT molecular complexity index is 605. The molecule has 1 aliphatic rings. The predicted molar refractivity (Wildman–Crippen MR) is 79.3 cm³/mol. The second-order valence-electron chi connectivity index (χ2n) is 5.78. The molecule has 4 heteroatoms. The number of aromatic nitrogens is 2. The molecule has 0 amide bonds. The van der Waals surface area contributed by atoms with E-state index in [1.807, 2.05) is 10.5 Å². The normalized spacial score (nSPS) is 21.6. The molecule has 0 radical (unpaired) electrons. The van der Waals surface area contributed by atoms with E-state index in [0.29, 0.717) is 11.6 Å². The van der Waals surface area contributed by atoms with Crippen LogP contribution in [0.3, 0.4) is 0 Å². The summed E-state index contributed by atoms with van der Waals surface area (Å²) in [5.41, 5.74) is 2.80. The molecule has 1 aliphatic heterocycles. The quantitative estimate of drug-likeness (QED) is 0.788. The van der Waals surface area contributed by atoms with Gasteiger partial charge in [-0.25, -0.2) is 4.98 Å². The van der Waals surface area contributed by atoms with Gasteiger partial charge in [0.05, 0.1) is 6.20 Å². The lowest BCUT2D eigenvalue weighted by Gasteiger charge is -2.25. The van der Waals surface area contributed by atoms with Crippen molar-refractivity contribution < 1.29 is 4.79 Å². The molecule has 0 bridgehead atoms. The average Bonchev–Trinajstić information content (AvgIpc) is 2.85. The molecular formula is C16H21N3O. The maximum Gasteiger partial charge on any atom is 0.168 e. The number of nitrogens with zero attached hydrogens (tertiary/aromatic N) is 3. The van der Waals surface area contributed by atoms with Crippen LogP contribution < -0.4 is 0 Å². The second-order valence-corrected chi connectivity index (χ2v) is 5.78. The Morgan fingerprint density at radius 3 is 3.00 bits per heavy atom. The molecule has 1 fully saturated rings. The van der Waals surface area contributed by atoms with E-state index in [1.54, 1.807) is 6.20 Å². The number of hydrogen-bond donors (Lipinski definition) is 0. The standard InChI is InChI=1S/C16H21N3O/c1-18-8-3-2-4-13(7-9-18)14-5-6-16-17-10-15(12-20)19(16)11-14/h5-6,10-13H,2-4,7-9H2,1H3. The minimum absolute atomic E-state index is 0.587. The van der Waals surface area contributed by atoms with E-state index in [2.05, 4.69) is 29.2 Å². The maximum absolute atomic E-state index is 11.0. The van der Waals surface area contributed by atoms with Crippen molar-refractivity contribution in [3.05, 3.63) is 35.8 Å². The van der Waals surface area contributed by atoms with Crippen molar-refractivity contribution in [3.63, 3.8) is 0 Å². The molecule has 1 unspecified atom stereocenters. The van der Waals surface area contributed by atoms with Gasteiger partial charge in [0.2, 0.25) is 0 Å². The number of imidazole rings is 1. The van der Waals surface area contributed by atoms with E-state index >= 15 is 0 Å². The highest BCUT2D eigenvalue weighted by atomic mass is 16.1. The molecule has 106 valence electrons. The van der Waals surface area contributed by atoms with Crippen LogP contribution in [-0.4, -0.2) is 40.7 Å². The number of carbonyl (C=O) groups excluding carboxylic acids is 1. The molecule has 3 rings (SSSR count). The van der Waals surface area contributed by atoms with Crippen molar-refractivity contribution in [2.45, 2.75) is 31.6 Å². The molecule has 1 atom stereocenters. The highest BCUT2D eigenvalue weighted by Gasteiger charge is 2.16. The van der Waals surface area contributed by atoms with Crippen LogP contribution in [0.15, 0.2) is 24.5 Å². The highest BCUT2D eigenvalue weighted by molar-refractivity contribution is 5.73. The third kappa shape index (κ3) is 2.61. The van der Waals surface area contributed by atoms with Crippen LogP contribution >= 0.6 is 0 Å². The van der Waals surface area contributed by atoms with Crippen LogP contribution in [0.4, 0.5) is 0 Å². The fourth-order valence-electron chi connectivity index (χ4n) is 3.08. The number of aldehydes is 1. The monoisotopic (exact) mass is 271 g/mol. The zero-order chi connectivity index (χ0) is 13.9. The summed E-state index contributed by atoms with van der Waals surface area (Å²) in [5, 5.41) is 0. The molecule has 4 nitrogen and oxygen atoms in total. The Balaban J connectivity index is 1.89. The number of carbonyl (C=O) groups is 1. The third-order valence-corrected chi connectivity index (χ3v) is 4.35. The Morgan fingerprint density at radius 2 is 2.15 bits per heavy atom. The highest BCUT2D eigenvalue weighted by Crippen LogP contribution is 2.28. The van der Waals surface area contributed by atoms with Crippen molar-refractivity contribution in [3.8, 4) is 0 Å². The van der Waals surface area contributed by atoms with Gasteiger partial charge >= 0.3 is 0 Å². The van der Waals surface area contributed by atoms with Gasteiger partial charge in [-0.05, 0) is 56.9 Å². The van der Waals surface area contributed by atoms with E-state index < -0.39 is 0 Å². The maximum atomic E-state index is 11.0. The Morgan fingerprint density at radius 1 is 1.25 bits per heavy atom. The second kappa shape index (κ2) is 5.75. The Hall–Kier alpha value is -1.68. The Labute approximate surface area is 119 Å². The molecule has 2 aromatic rings. The molecule has 0 spiro atoms. The molecule has 20 heavy (non-hydrogen) atoms. The zero-order valence-electron chi connectivity index (χ0n) is 12.0. The largest absolute Gasteiger partial charge is 0.306 e. The first-order chi connectivity index (χ1) is 9.78. The summed E-state index contributed by atoms with van der Waals surface area (Å²) in [6, 6.07) is 4.19. The van der Waals surface area contributed by atoms with Crippen LogP contribution in [0.1, 0.15) is 47.7 Å². The fraction of sp³-hybridized carbons (Fsp3) is 0.500. The van der Waals surface area contributed by atoms with Gasteiger partial charge in [0.25, 0.3) is 0 Å². The lowest BCUT2D eigenvalue weighted by atomic mass is 9.90.